The second kappa shape index (κ2) is 6.97. The van der Waals surface area contributed by atoms with Crippen LogP contribution in [0.1, 0.15) is 46.5 Å². The molecular formula is C15H28ClN3O2. The fourth-order valence-corrected chi connectivity index (χ4v) is 3.10. The van der Waals surface area contributed by atoms with E-state index in [0.29, 0.717) is 13.0 Å². The summed E-state index contributed by atoms with van der Waals surface area (Å²) < 4.78 is 0. The Kier molecular flexibility index (Phi) is 6.05. The summed E-state index contributed by atoms with van der Waals surface area (Å²) >= 11 is 0. The van der Waals surface area contributed by atoms with Crippen molar-refractivity contribution >= 4 is 24.2 Å². The smallest absolute Gasteiger partial charge is 0.223 e. The summed E-state index contributed by atoms with van der Waals surface area (Å²) in [5.74, 6) is 0.302. The average molecular weight is 318 g/mol. The topological polar surface area (TPSA) is 70.2 Å². The van der Waals surface area contributed by atoms with Crippen LogP contribution in [0.3, 0.4) is 0 Å². The number of carbonyl (C=O) groups excluding carboxylic acids is 2. The van der Waals surface area contributed by atoms with Crippen LogP contribution in [0, 0.1) is 11.3 Å². The van der Waals surface area contributed by atoms with Crippen molar-refractivity contribution in [2.75, 3.05) is 19.6 Å². The summed E-state index contributed by atoms with van der Waals surface area (Å²) in [6.45, 7) is 8.35. The van der Waals surface area contributed by atoms with Gasteiger partial charge in [0.15, 0.2) is 0 Å². The van der Waals surface area contributed by atoms with Crippen molar-refractivity contribution in [3.63, 3.8) is 0 Å². The Balaban J connectivity index is 0.00000220. The third kappa shape index (κ3) is 5.15. The van der Waals surface area contributed by atoms with Gasteiger partial charge in [0, 0.05) is 24.4 Å². The molecule has 1 aliphatic carbocycles. The molecule has 2 amide bonds. The van der Waals surface area contributed by atoms with Gasteiger partial charge in [-0.3, -0.25) is 9.59 Å². The van der Waals surface area contributed by atoms with Crippen molar-refractivity contribution in [3.8, 4) is 0 Å². The second-order valence-electron chi connectivity index (χ2n) is 7.21. The Labute approximate surface area is 133 Å². The molecule has 3 N–H and O–H groups in total. The van der Waals surface area contributed by atoms with E-state index >= 15 is 0 Å². The van der Waals surface area contributed by atoms with E-state index in [4.69, 9.17) is 0 Å². The maximum atomic E-state index is 12.1. The molecule has 2 fully saturated rings. The van der Waals surface area contributed by atoms with Crippen molar-refractivity contribution in [2.45, 2.75) is 52.0 Å². The van der Waals surface area contributed by atoms with Gasteiger partial charge in [0.25, 0.3) is 0 Å². The van der Waals surface area contributed by atoms with E-state index in [1.165, 1.54) is 0 Å². The zero-order valence-electron chi connectivity index (χ0n) is 13.3. The first kappa shape index (κ1) is 18.2. The molecule has 1 heterocycles. The molecule has 1 aliphatic heterocycles. The molecule has 0 aromatic carbocycles. The molecule has 0 radical (unpaired) electrons. The Morgan fingerprint density at radius 1 is 1.24 bits per heavy atom. The molecule has 0 aromatic rings. The lowest BCUT2D eigenvalue weighted by Gasteiger charge is -2.23. The van der Waals surface area contributed by atoms with E-state index in [1.807, 2.05) is 20.8 Å². The van der Waals surface area contributed by atoms with E-state index < -0.39 is 0 Å². The van der Waals surface area contributed by atoms with Gasteiger partial charge in [-0.2, -0.15) is 0 Å². The minimum absolute atomic E-state index is 0. The van der Waals surface area contributed by atoms with Crippen molar-refractivity contribution in [1.82, 2.24) is 16.0 Å². The van der Waals surface area contributed by atoms with Crippen molar-refractivity contribution < 1.29 is 9.59 Å². The fourth-order valence-electron chi connectivity index (χ4n) is 3.10. The zero-order chi connectivity index (χ0) is 14.8. The molecule has 6 heteroatoms. The van der Waals surface area contributed by atoms with E-state index in [2.05, 4.69) is 16.0 Å². The zero-order valence-corrected chi connectivity index (χ0v) is 14.1. The number of hydrogen-bond donors (Lipinski definition) is 3. The molecule has 1 unspecified atom stereocenters. The number of rotatable bonds is 4. The van der Waals surface area contributed by atoms with Crippen molar-refractivity contribution in [3.05, 3.63) is 0 Å². The molecule has 2 aliphatic rings. The first-order valence-electron chi connectivity index (χ1n) is 7.62. The lowest BCUT2D eigenvalue weighted by molar-refractivity contribution is -0.124. The van der Waals surface area contributed by atoms with Crippen LogP contribution < -0.4 is 16.0 Å². The molecule has 0 bridgehead atoms. The van der Waals surface area contributed by atoms with Gasteiger partial charge in [0.1, 0.15) is 0 Å². The van der Waals surface area contributed by atoms with Crippen LogP contribution in [0.25, 0.3) is 0 Å². The van der Waals surface area contributed by atoms with E-state index in [-0.39, 0.29) is 41.1 Å². The quantitative estimate of drug-likeness (QED) is 0.730. The summed E-state index contributed by atoms with van der Waals surface area (Å²) in [5, 5.41) is 9.14. The highest BCUT2D eigenvalue weighted by molar-refractivity contribution is 5.85. The highest BCUT2D eigenvalue weighted by atomic mass is 35.5. The molecular weight excluding hydrogens is 290 g/mol. The van der Waals surface area contributed by atoms with Crippen LogP contribution in [0.2, 0.25) is 0 Å². The van der Waals surface area contributed by atoms with Gasteiger partial charge in [-0.25, -0.2) is 0 Å². The molecule has 1 atom stereocenters. The highest BCUT2D eigenvalue weighted by Crippen LogP contribution is 2.58. The van der Waals surface area contributed by atoms with Gasteiger partial charge < -0.3 is 16.0 Å². The number of hydrogen-bond acceptors (Lipinski definition) is 3. The molecule has 0 aromatic heterocycles. The van der Waals surface area contributed by atoms with Crippen LogP contribution in [0.15, 0.2) is 0 Å². The Morgan fingerprint density at radius 2 is 1.86 bits per heavy atom. The first-order valence-corrected chi connectivity index (χ1v) is 7.62. The van der Waals surface area contributed by atoms with Crippen LogP contribution >= 0.6 is 12.4 Å². The van der Waals surface area contributed by atoms with Gasteiger partial charge >= 0.3 is 0 Å². The van der Waals surface area contributed by atoms with Crippen LogP contribution in [-0.4, -0.2) is 37.0 Å². The minimum Gasteiger partial charge on any atom is -0.355 e. The molecule has 21 heavy (non-hydrogen) atoms. The van der Waals surface area contributed by atoms with Crippen LogP contribution in [0.5, 0.6) is 0 Å². The molecule has 122 valence electrons. The predicted octanol–water partition coefficient (Wildman–Crippen LogP) is 1.22. The first-order chi connectivity index (χ1) is 9.32. The Hall–Kier alpha value is -0.810. The molecule has 1 spiro atoms. The standard InChI is InChI=1S/C15H27N3O2.ClH/c1-14(2,3)18-12(19)4-7-17-13(20)11-10-15(11)5-8-16-9-6-15;/h11,16H,4-10H2,1-3H3,(H,17,20)(H,18,19);1H. The highest BCUT2D eigenvalue weighted by Gasteiger charge is 2.57. The summed E-state index contributed by atoms with van der Waals surface area (Å²) in [6, 6.07) is 0. The van der Waals surface area contributed by atoms with Gasteiger partial charge in [0.05, 0.1) is 0 Å². The largest absolute Gasteiger partial charge is 0.355 e. The molecule has 1 saturated heterocycles. The summed E-state index contributed by atoms with van der Waals surface area (Å²) in [5.41, 5.74) is 0.0553. The minimum atomic E-state index is -0.212. The van der Waals surface area contributed by atoms with E-state index in [1.54, 1.807) is 0 Å². The third-order valence-corrected chi connectivity index (χ3v) is 4.27. The van der Waals surface area contributed by atoms with E-state index in [9.17, 15) is 9.59 Å². The van der Waals surface area contributed by atoms with Gasteiger partial charge in [-0.15, -0.1) is 12.4 Å². The number of amides is 2. The summed E-state index contributed by atoms with van der Waals surface area (Å²) in [7, 11) is 0. The van der Waals surface area contributed by atoms with Gasteiger partial charge in [-0.05, 0) is 58.5 Å². The lowest BCUT2D eigenvalue weighted by atomic mass is 9.92. The average Bonchev–Trinajstić information content (AvgIpc) is 3.01. The number of piperidine rings is 1. The van der Waals surface area contributed by atoms with E-state index in [0.717, 1.165) is 32.4 Å². The van der Waals surface area contributed by atoms with Gasteiger partial charge in [0.2, 0.25) is 11.8 Å². The Morgan fingerprint density at radius 3 is 2.43 bits per heavy atom. The maximum absolute atomic E-state index is 12.1. The van der Waals surface area contributed by atoms with Crippen LogP contribution in [-0.2, 0) is 9.59 Å². The SMILES string of the molecule is CC(C)(C)NC(=O)CCNC(=O)C1CC12CCNCC2.Cl. The normalized spacial score (nSPS) is 23.1. The van der Waals surface area contributed by atoms with Crippen molar-refractivity contribution in [1.29, 1.82) is 0 Å². The second-order valence-corrected chi connectivity index (χ2v) is 7.21. The monoisotopic (exact) mass is 317 g/mol. The molecule has 5 nitrogen and oxygen atoms in total. The molecule has 1 saturated carbocycles. The number of halogens is 1. The Bertz CT molecular complexity index is 387. The van der Waals surface area contributed by atoms with Crippen LogP contribution in [0.4, 0.5) is 0 Å². The van der Waals surface area contributed by atoms with Gasteiger partial charge in [-0.1, -0.05) is 0 Å². The fraction of sp³-hybridized carbons (Fsp3) is 0.867. The summed E-state index contributed by atoms with van der Waals surface area (Å²) in [6.07, 6.45) is 3.59. The third-order valence-electron chi connectivity index (χ3n) is 4.27. The predicted molar refractivity (Wildman–Crippen MR) is 85.4 cm³/mol. The summed E-state index contributed by atoms with van der Waals surface area (Å²) in [4.78, 5) is 23.7. The maximum Gasteiger partial charge on any atom is 0.223 e. The number of carbonyl (C=O) groups is 2. The van der Waals surface area contributed by atoms with Crippen molar-refractivity contribution in [2.24, 2.45) is 11.3 Å². The lowest BCUT2D eigenvalue weighted by Crippen LogP contribution is -2.42. The number of nitrogens with one attached hydrogen (secondary N) is 3. The molecule has 2 rings (SSSR count).